The maximum atomic E-state index is 9.96. The molecule has 3 aromatic carbocycles. The number of fused-ring (bicyclic) bond motifs is 5. The van der Waals surface area contributed by atoms with E-state index in [-0.39, 0.29) is 13.2 Å². The van der Waals surface area contributed by atoms with Crippen LogP contribution >= 0.6 is 0 Å². The van der Waals surface area contributed by atoms with Gasteiger partial charge in [0.1, 0.15) is 0 Å². The van der Waals surface area contributed by atoms with E-state index in [0.717, 1.165) is 31.2 Å². The van der Waals surface area contributed by atoms with Crippen LogP contribution in [0.25, 0.3) is 32.6 Å². The predicted octanol–water partition coefficient (Wildman–Crippen LogP) is 4.88. The van der Waals surface area contributed by atoms with E-state index in [2.05, 4.69) is 78.5 Å². The summed E-state index contributed by atoms with van der Waals surface area (Å²) in [7, 11) is 2.12. The SMILES string of the molecule is CCCCCC(CO)(CO)NCc1ccc2c(c1)c1c3ccccc3ccc1n2C. The molecule has 0 spiro atoms. The van der Waals surface area contributed by atoms with Crippen LogP contribution in [0.5, 0.6) is 0 Å². The molecule has 0 fully saturated rings. The summed E-state index contributed by atoms with van der Waals surface area (Å²) in [6.07, 6.45) is 4.01. The summed E-state index contributed by atoms with van der Waals surface area (Å²) in [5.74, 6) is 0. The van der Waals surface area contributed by atoms with Crippen LogP contribution in [-0.4, -0.2) is 33.5 Å². The Morgan fingerprint density at radius 1 is 0.900 bits per heavy atom. The van der Waals surface area contributed by atoms with E-state index in [1.165, 1.54) is 32.6 Å². The normalized spacial score (nSPS) is 12.4. The lowest BCUT2D eigenvalue weighted by atomic mass is 9.93. The first-order chi connectivity index (χ1) is 14.6. The number of aryl methyl sites for hydroxylation is 1. The van der Waals surface area contributed by atoms with Crippen molar-refractivity contribution < 1.29 is 10.2 Å². The van der Waals surface area contributed by atoms with Crippen molar-refractivity contribution in [3.8, 4) is 0 Å². The molecule has 0 atom stereocenters. The first kappa shape index (κ1) is 20.9. The molecule has 4 heteroatoms. The predicted molar refractivity (Wildman–Crippen MR) is 126 cm³/mol. The van der Waals surface area contributed by atoms with Gasteiger partial charge < -0.3 is 20.1 Å². The van der Waals surface area contributed by atoms with Crippen LogP contribution in [0.2, 0.25) is 0 Å². The fourth-order valence-corrected chi connectivity index (χ4v) is 4.55. The highest BCUT2D eigenvalue weighted by molar-refractivity contribution is 6.20. The summed E-state index contributed by atoms with van der Waals surface area (Å²) in [6, 6.07) is 19.5. The quantitative estimate of drug-likeness (QED) is 0.349. The highest BCUT2D eigenvalue weighted by Crippen LogP contribution is 2.34. The van der Waals surface area contributed by atoms with Crippen LogP contribution in [0, 0.1) is 0 Å². The van der Waals surface area contributed by atoms with Crippen LogP contribution in [0.15, 0.2) is 54.6 Å². The molecule has 30 heavy (non-hydrogen) atoms. The molecule has 4 aromatic rings. The minimum atomic E-state index is -0.629. The molecular weight excluding hydrogens is 372 g/mol. The highest BCUT2D eigenvalue weighted by atomic mass is 16.3. The number of aliphatic hydroxyl groups excluding tert-OH is 2. The molecule has 4 rings (SSSR count). The minimum Gasteiger partial charge on any atom is -0.394 e. The molecule has 0 saturated heterocycles. The van der Waals surface area contributed by atoms with Gasteiger partial charge in [0.15, 0.2) is 0 Å². The van der Waals surface area contributed by atoms with Gasteiger partial charge in [-0.1, -0.05) is 62.6 Å². The summed E-state index contributed by atoms with van der Waals surface area (Å²) in [5.41, 5.74) is 2.97. The van der Waals surface area contributed by atoms with Gasteiger partial charge in [-0.3, -0.25) is 0 Å². The first-order valence-corrected chi connectivity index (χ1v) is 11.0. The Labute approximate surface area is 178 Å². The van der Waals surface area contributed by atoms with Crippen molar-refractivity contribution >= 4 is 32.6 Å². The molecule has 0 aliphatic carbocycles. The molecule has 0 saturated carbocycles. The second-order valence-corrected chi connectivity index (χ2v) is 8.50. The molecule has 0 amide bonds. The fourth-order valence-electron chi connectivity index (χ4n) is 4.55. The van der Waals surface area contributed by atoms with Gasteiger partial charge in [0.25, 0.3) is 0 Å². The number of hydrogen-bond acceptors (Lipinski definition) is 3. The van der Waals surface area contributed by atoms with E-state index in [9.17, 15) is 10.2 Å². The molecular formula is C26H32N2O2. The standard InChI is InChI=1S/C26H32N2O2/c1-3-4-7-14-26(17-29,18-30)27-16-19-10-12-23-22(15-19)25-21-9-6-5-8-20(21)11-13-24(25)28(23)2/h5-6,8-13,15,27,29-30H,3-4,7,14,16-18H2,1-2H3. The van der Waals surface area contributed by atoms with Gasteiger partial charge >= 0.3 is 0 Å². The molecule has 3 N–H and O–H groups in total. The molecule has 158 valence electrons. The van der Waals surface area contributed by atoms with Gasteiger partial charge in [-0.05, 0) is 41.0 Å². The number of benzene rings is 3. The summed E-state index contributed by atoms with van der Waals surface area (Å²) in [5, 5.41) is 28.4. The number of unbranched alkanes of at least 4 members (excludes halogenated alkanes) is 2. The van der Waals surface area contributed by atoms with Gasteiger partial charge in [0.05, 0.1) is 18.8 Å². The van der Waals surface area contributed by atoms with E-state index < -0.39 is 5.54 Å². The van der Waals surface area contributed by atoms with Crippen molar-refractivity contribution in [3.63, 3.8) is 0 Å². The zero-order valence-corrected chi connectivity index (χ0v) is 18.0. The van der Waals surface area contributed by atoms with Crippen molar-refractivity contribution in [2.24, 2.45) is 7.05 Å². The molecule has 1 heterocycles. The number of aliphatic hydroxyl groups is 2. The lowest BCUT2D eigenvalue weighted by molar-refractivity contribution is 0.0805. The summed E-state index contributed by atoms with van der Waals surface area (Å²) in [6.45, 7) is 2.66. The molecule has 0 aliphatic heterocycles. The van der Waals surface area contributed by atoms with Crippen molar-refractivity contribution in [1.29, 1.82) is 0 Å². The Hall–Kier alpha value is -2.40. The first-order valence-electron chi connectivity index (χ1n) is 11.0. The summed E-state index contributed by atoms with van der Waals surface area (Å²) in [4.78, 5) is 0. The maximum absolute atomic E-state index is 9.96. The van der Waals surface area contributed by atoms with Crippen LogP contribution < -0.4 is 5.32 Å². The van der Waals surface area contributed by atoms with Crippen molar-refractivity contribution in [2.45, 2.75) is 44.7 Å². The van der Waals surface area contributed by atoms with Crippen molar-refractivity contribution in [2.75, 3.05) is 13.2 Å². The van der Waals surface area contributed by atoms with Crippen molar-refractivity contribution in [3.05, 3.63) is 60.2 Å². The van der Waals surface area contributed by atoms with Crippen molar-refractivity contribution in [1.82, 2.24) is 9.88 Å². The van der Waals surface area contributed by atoms with E-state index in [0.29, 0.717) is 6.54 Å². The summed E-state index contributed by atoms with van der Waals surface area (Å²) >= 11 is 0. The number of nitrogens with one attached hydrogen (secondary N) is 1. The number of rotatable bonds is 9. The monoisotopic (exact) mass is 404 g/mol. The average Bonchev–Trinajstić information content (AvgIpc) is 3.08. The van der Waals surface area contributed by atoms with Crippen LogP contribution in [-0.2, 0) is 13.6 Å². The van der Waals surface area contributed by atoms with Gasteiger partial charge in [-0.2, -0.15) is 0 Å². The Morgan fingerprint density at radius 2 is 1.67 bits per heavy atom. The number of hydrogen-bond donors (Lipinski definition) is 3. The second-order valence-electron chi connectivity index (χ2n) is 8.50. The average molecular weight is 405 g/mol. The number of aromatic nitrogens is 1. The third-order valence-electron chi connectivity index (χ3n) is 6.49. The van der Waals surface area contributed by atoms with Gasteiger partial charge in [-0.15, -0.1) is 0 Å². The minimum absolute atomic E-state index is 0.0611. The van der Waals surface area contributed by atoms with Crippen LogP contribution in [0.3, 0.4) is 0 Å². The Balaban J connectivity index is 1.70. The molecule has 1 aromatic heterocycles. The number of nitrogens with zero attached hydrogens (tertiary/aromatic N) is 1. The third-order valence-corrected chi connectivity index (χ3v) is 6.49. The topological polar surface area (TPSA) is 57.4 Å². The third kappa shape index (κ3) is 3.71. The zero-order valence-electron chi connectivity index (χ0n) is 18.0. The van der Waals surface area contributed by atoms with Gasteiger partial charge in [0.2, 0.25) is 0 Å². The summed E-state index contributed by atoms with van der Waals surface area (Å²) < 4.78 is 2.25. The largest absolute Gasteiger partial charge is 0.394 e. The van der Waals surface area contributed by atoms with Gasteiger partial charge in [0, 0.05) is 35.4 Å². The van der Waals surface area contributed by atoms with E-state index >= 15 is 0 Å². The second kappa shape index (κ2) is 8.76. The lowest BCUT2D eigenvalue weighted by Crippen LogP contribution is -2.51. The van der Waals surface area contributed by atoms with E-state index in [4.69, 9.17) is 0 Å². The molecule has 0 bridgehead atoms. The molecule has 0 radical (unpaired) electrons. The molecule has 0 aliphatic rings. The van der Waals surface area contributed by atoms with E-state index in [1.807, 2.05) is 0 Å². The fraction of sp³-hybridized carbons (Fsp3) is 0.385. The Bertz CT molecular complexity index is 1160. The molecule has 0 unspecified atom stereocenters. The van der Waals surface area contributed by atoms with Crippen LogP contribution in [0.4, 0.5) is 0 Å². The Kier molecular flexibility index (Phi) is 6.09. The van der Waals surface area contributed by atoms with Gasteiger partial charge in [-0.25, -0.2) is 0 Å². The Morgan fingerprint density at radius 3 is 2.43 bits per heavy atom. The zero-order chi connectivity index (χ0) is 21.1. The maximum Gasteiger partial charge on any atom is 0.0650 e. The lowest BCUT2D eigenvalue weighted by Gasteiger charge is -2.31. The van der Waals surface area contributed by atoms with Crippen LogP contribution in [0.1, 0.15) is 38.2 Å². The van der Waals surface area contributed by atoms with E-state index in [1.54, 1.807) is 0 Å². The highest BCUT2D eigenvalue weighted by Gasteiger charge is 2.27. The molecule has 4 nitrogen and oxygen atoms in total. The smallest absolute Gasteiger partial charge is 0.0650 e.